The molecule has 0 fully saturated rings. The van der Waals surface area contributed by atoms with Gasteiger partial charge in [0.25, 0.3) is 12.4 Å². The van der Waals surface area contributed by atoms with Crippen molar-refractivity contribution in [1.82, 2.24) is 4.57 Å². The van der Waals surface area contributed by atoms with Crippen molar-refractivity contribution in [2.45, 2.75) is 20.3 Å². The third kappa shape index (κ3) is 4.31. The molecule has 0 spiro atoms. The van der Waals surface area contributed by atoms with Crippen LogP contribution in [0.25, 0.3) is 10.9 Å². The summed E-state index contributed by atoms with van der Waals surface area (Å²) in [6.45, 7) is 4.46. The highest BCUT2D eigenvalue weighted by atomic mass is 35.5. The van der Waals surface area contributed by atoms with E-state index in [0.29, 0.717) is 17.1 Å². The molecule has 27 heavy (non-hydrogen) atoms. The molecule has 0 aliphatic heterocycles. The fraction of sp³-hybridized carbons (Fsp3) is 0.238. The number of halogens is 1. The van der Waals surface area contributed by atoms with Crippen LogP contribution in [0.15, 0.2) is 42.5 Å². The van der Waals surface area contributed by atoms with Crippen molar-refractivity contribution in [3.8, 4) is 5.75 Å². The molecule has 3 rings (SSSR count). The van der Waals surface area contributed by atoms with Gasteiger partial charge >= 0.3 is 0 Å². The van der Waals surface area contributed by atoms with Crippen molar-refractivity contribution in [3.05, 3.63) is 64.3 Å². The minimum absolute atomic E-state index is 0.0472. The summed E-state index contributed by atoms with van der Waals surface area (Å²) in [6.07, 6.45) is 0.858. The Kier molecular flexibility index (Phi) is 7.02. The lowest BCUT2D eigenvalue weighted by Crippen LogP contribution is -2.13. The van der Waals surface area contributed by atoms with E-state index in [0.717, 1.165) is 28.8 Å². The third-order valence-corrected chi connectivity index (χ3v) is 4.54. The van der Waals surface area contributed by atoms with Gasteiger partial charge < -0.3 is 9.47 Å². The van der Waals surface area contributed by atoms with Crippen LogP contribution in [0, 0.1) is 6.92 Å². The molecule has 5 nitrogen and oxygen atoms in total. The van der Waals surface area contributed by atoms with Gasteiger partial charge in [-0.05, 0) is 61.4 Å². The van der Waals surface area contributed by atoms with Crippen molar-refractivity contribution < 1.29 is 19.1 Å². The van der Waals surface area contributed by atoms with Crippen molar-refractivity contribution in [2.24, 2.45) is 0 Å². The van der Waals surface area contributed by atoms with Gasteiger partial charge in [0.1, 0.15) is 5.75 Å². The van der Waals surface area contributed by atoms with E-state index in [4.69, 9.17) is 21.1 Å². The Morgan fingerprint density at radius 3 is 2.30 bits per heavy atom. The maximum absolute atomic E-state index is 13.0. The van der Waals surface area contributed by atoms with Crippen LogP contribution in [0.3, 0.4) is 0 Å². The molecule has 0 radical (unpaired) electrons. The largest absolute Gasteiger partial charge is 0.497 e. The predicted octanol–water partition coefficient (Wildman–Crippen LogP) is 4.65. The Morgan fingerprint density at radius 1 is 1.15 bits per heavy atom. The van der Waals surface area contributed by atoms with Crippen LogP contribution in [0.4, 0.5) is 0 Å². The fourth-order valence-electron chi connectivity index (χ4n) is 3.02. The number of nitrogens with zero attached hydrogens (tertiary/aromatic N) is 1. The lowest BCUT2D eigenvalue weighted by Gasteiger charge is -2.08. The predicted molar refractivity (Wildman–Crippen MR) is 107 cm³/mol. The van der Waals surface area contributed by atoms with Gasteiger partial charge in [-0.25, -0.2) is 0 Å². The number of carbonyl (C=O) groups is 2. The fourth-order valence-corrected chi connectivity index (χ4v) is 3.14. The molecule has 0 unspecified atom stereocenters. The highest BCUT2D eigenvalue weighted by Crippen LogP contribution is 2.30. The van der Waals surface area contributed by atoms with E-state index in [1.165, 1.54) is 12.7 Å². The van der Waals surface area contributed by atoms with Crippen molar-refractivity contribution in [3.63, 3.8) is 0 Å². The first-order chi connectivity index (χ1) is 13.0. The Labute approximate surface area is 163 Å². The number of fused-ring (bicyclic) bond motifs is 1. The highest BCUT2D eigenvalue weighted by Gasteiger charge is 2.19. The second kappa shape index (κ2) is 9.24. The average molecular weight is 388 g/mol. The van der Waals surface area contributed by atoms with Gasteiger partial charge in [-0.3, -0.25) is 14.2 Å². The number of methoxy groups -OCH3 is 2. The van der Waals surface area contributed by atoms with Crippen LogP contribution < -0.4 is 4.74 Å². The summed E-state index contributed by atoms with van der Waals surface area (Å²) >= 11 is 5.92. The second-order valence-corrected chi connectivity index (χ2v) is 6.22. The maximum atomic E-state index is 13.0. The summed E-state index contributed by atoms with van der Waals surface area (Å²) in [5.74, 6) is 0.748. The molecular weight excluding hydrogens is 366 g/mol. The number of rotatable bonds is 4. The van der Waals surface area contributed by atoms with Crippen LogP contribution in [0.2, 0.25) is 5.02 Å². The molecule has 2 aromatic carbocycles. The van der Waals surface area contributed by atoms with E-state index in [1.54, 1.807) is 35.9 Å². The van der Waals surface area contributed by atoms with Gasteiger partial charge in [0.15, 0.2) is 0 Å². The SMILES string of the molecule is CCc1c(C)n(C(=O)c2ccc(Cl)cc2)c2ccc(OC)cc12.COC=O. The first kappa shape index (κ1) is 20.5. The number of aryl methyl sites for hydroxylation is 1. The number of aromatic nitrogens is 1. The van der Waals surface area contributed by atoms with E-state index in [-0.39, 0.29) is 5.91 Å². The van der Waals surface area contributed by atoms with Crippen molar-refractivity contribution in [2.75, 3.05) is 14.2 Å². The number of benzene rings is 2. The van der Waals surface area contributed by atoms with E-state index in [9.17, 15) is 4.79 Å². The molecule has 142 valence electrons. The normalized spacial score (nSPS) is 10.1. The minimum atomic E-state index is -0.0472. The highest BCUT2D eigenvalue weighted by molar-refractivity contribution is 6.30. The number of carbonyl (C=O) groups excluding carboxylic acids is 2. The molecule has 0 amide bonds. The maximum Gasteiger partial charge on any atom is 0.292 e. The number of hydrogen-bond acceptors (Lipinski definition) is 4. The van der Waals surface area contributed by atoms with Gasteiger partial charge in [-0.2, -0.15) is 0 Å². The summed E-state index contributed by atoms with van der Waals surface area (Å²) in [5.41, 5.74) is 3.66. The van der Waals surface area contributed by atoms with Crippen LogP contribution in [-0.2, 0) is 16.0 Å². The zero-order valence-corrected chi connectivity index (χ0v) is 16.5. The second-order valence-electron chi connectivity index (χ2n) is 5.78. The molecular formula is C21H22ClNO4. The zero-order valence-electron chi connectivity index (χ0n) is 15.8. The number of ether oxygens (including phenoxy) is 2. The van der Waals surface area contributed by atoms with E-state index < -0.39 is 0 Å². The smallest absolute Gasteiger partial charge is 0.292 e. The Hall–Kier alpha value is -2.79. The first-order valence-electron chi connectivity index (χ1n) is 8.43. The van der Waals surface area contributed by atoms with Gasteiger partial charge in [-0.1, -0.05) is 18.5 Å². The molecule has 0 aliphatic carbocycles. The van der Waals surface area contributed by atoms with Crippen LogP contribution in [0.1, 0.15) is 28.5 Å². The van der Waals surface area contributed by atoms with Crippen LogP contribution >= 0.6 is 11.6 Å². The monoisotopic (exact) mass is 387 g/mol. The summed E-state index contributed by atoms with van der Waals surface area (Å²) in [7, 11) is 2.96. The molecule has 1 aromatic heterocycles. The molecule has 0 atom stereocenters. The van der Waals surface area contributed by atoms with Gasteiger partial charge in [0.2, 0.25) is 0 Å². The van der Waals surface area contributed by atoms with Crippen molar-refractivity contribution >= 4 is 34.9 Å². The summed E-state index contributed by atoms with van der Waals surface area (Å²) < 4.78 is 11.0. The van der Waals surface area contributed by atoms with Gasteiger partial charge in [0.05, 0.1) is 19.7 Å². The Balaban J connectivity index is 0.000000596. The van der Waals surface area contributed by atoms with Crippen LogP contribution in [-0.4, -0.2) is 31.2 Å². The molecule has 1 heterocycles. The first-order valence-corrected chi connectivity index (χ1v) is 8.80. The summed E-state index contributed by atoms with van der Waals surface area (Å²) in [6, 6.07) is 12.8. The third-order valence-electron chi connectivity index (χ3n) is 4.29. The molecule has 0 N–H and O–H groups in total. The lowest BCUT2D eigenvalue weighted by molar-refractivity contribution is -0.126. The summed E-state index contributed by atoms with van der Waals surface area (Å²) in [4.78, 5) is 21.9. The topological polar surface area (TPSA) is 57.5 Å². The van der Waals surface area contributed by atoms with Gasteiger partial charge in [0, 0.05) is 21.7 Å². The Morgan fingerprint density at radius 2 is 1.78 bits per heavy atom. The molecule has 0 aliphatic rings. The van der Waals surface area contributed by atoms with E-state index >= 15 is 0 Å². The van der Waals surface area contributed by atoms with Gasteiger partial charge in [-0.15, -0.1) is 0 Å². The molecule has 6 heteroatoms. The Bertz CT molecular complexity index is 945. The standard InChI is InChI=1S/C19H18ClNO2.C2H4O2/c1-4-16-12(2)21(18-10-9-15(23-3)11-17(16)18)19(22)13-5-7-14(20)8-6-13;1-4-2-3/h5-11H,4H2,1-3H3;2H,1H3. The number of hydrogen-bond donors (Lipinski definition) is 0. The van der Waals surface area contributed by atoms with E-state index in [1.807, 2.05) is 25.1 Å². The lowest BCUT2D eigenvalue weighted by atomic mass is 10.1. The molecule has 0 bridgehead atoms. The van der Waals surface area contributed by atoms with Crippen LogP contribution in [0.5, 0.6) is 5.75 Å². The summed E-state index contributed by atoms with van der Waals surface area (Å²) in [5, 5.41) is 1.68. The molecule has 3 aromatic rings. The van der Waals surface area contributed by atoms with E-state index in [2.05, 4.69) is 11.7 Å². The minimum Gasteiger partial charge on any atom is -0.497 e. The molecule has 0 saturated carbocycles. The van der Waals surface area contributed by atoms with Crippen molar-refractivity contribution in [1.29, 1.82) is 0 Å². The zero-order chi connectivity index (χ0) is 20.0. The average Bonchev–Trinajstić information content (AvgIpc) is 2.98. The molecule has 0 saturated heterocycles. The quantitative estimate of drug-likeness (QED) is 0.611.